The zero-order valence-corrected chi connectivity index (χ0v) is 11.2. The minimum Gasteiger partial charge on any atom is -0.497 e. The first kappa shape index (κ1) is 14.5. The number of hydrogen-bond acceptors (Lipinski definition) is 8. The van der Waals surface area contributed by atoms with Crippen molar-refractivity contribution in [1.29, 1.82) is 0 Å². The molecular weight excluding hydrogens is 276 g/mol. The van der Waals surface area contributed by atoms with Gasteiger partial charge in [0.2, 0.25) is 11.6 Å². The fourth-order valence-electron chi connectivity index (χ4n) is 1.75. The molecule has 0 unspecified atom stereocenters. The first-order valence-electron chi connectivity index (χ1n) is 5.98. The summed E-state index contributed by atoms with van der Waals surface area (Å²) in [5.41, 5.74) is 2.77. The third-order valence-corrected chi connectivity index (χ3v) is 2.74. The summed E-state index contributed by atoms with van der Waals surface area (Å²) in [6.07, 6.45) is 1.19. The van der Waals surface area contributed by atoms with E-state index in [1.807, 2.05) is 24.3 Å². The maximum atomic E-state index is 11.1. The Morgan fingerprint density at radius 1 is 1.38 bits per heavy atom. The predicted molar refractivity (Wildman–Crippen MR) is 76.8 cm³/mol. The van der Waals surface area contributed by atoms with Gasteiger partial charge in [0.05, 0.1) is 12.0 Å². The molecule has 1 aromatic heterocycles. The Bertz CT molecular complexity index is 649. The number of nitro groups is 1. The number of hydrogen-bond donors (Lipinski definition) is 3. The van der Waals surface area contributed by atoms with Crippen molar-refractivity contribution in [2.24, 2.45) is 5.84 Å². The molecule has 0 amide bonds. The van der Waals surface area contributed by atoms with Crippen LogP contribution in [-0.4, -0.2) is 22.0 Å². The molecule has 0 saturated carbocycles. The number of nitrogens with two attached hydrogens (primary N) is 1. The summed E-state index contributed by atoms with van der Waals surface area (Å²) in [6.45, 7) is 0.346. The average Bonchev–Trinajstić information content (AvgIpc) is 2.52. The number of aromatic nitrogens is 2. The smallest absolute Gasteiger partial charge is 0.354 e. The fourth-order valence-corrected chi connectivity index (χ4v) is 1.75. The summed E-state index contributed by atoms with van der Waals surface area (Å²) in [5.74, 6) is 5.95. The van der Waals surface area contributed by atoms with Crippen LogP contribution in [0.5, 0.6) is 5.75 Å². The molecule has 0 spiro atoms. The Morgan fingerprint density at radius 3 is 2.81 bits per heavy atom. The summed E-state index contributed by atoms with van der Waals surface area (Å²) in [4.78, 5) is 18.1. The van der Waals surface area contributed by atoms with E-state index in [0.717, 1.165) is 5.56 Å². The Morgan fingerprint density at radius 2 is 2.14 bits per heavy atom. The highest BCUT2D eigenvalue weighted by molar-refractivity contribution is 5.68. The summed E-state index contributed by atoms with van der Waals surface area (Å²) < 4.78 is 5.12. The lowest BCUT2D eigenvalue weighted by Gasteiger charge is -2.09. The number of benzene rings is 1. The molecule has 0 aliphatic heterocycles. The molecule has 0 saturated heterocycles. The minimum absolute atomic E-state index is 0.0526. The van der Waals surface area contributed by atoms with Crippen molar-refractivity contribution in [2.75, 3.05) is 17.9 Å². The normalized spacial score (nSPS) is 10.0. The van der Waals surface area contributed by atoms with Crippen LogP contribution in [0.4, 0.5) is 17.3 Å². The highest BCUT2D eigenvalue weighted by Gasteiger charge is 2.22. The van der Waals surface area contributed by atoms with E-state index in [1.54, 1.807) is 7.11 Å². The van der Waals surface area contributed by atoms with Crippen molar-refractivity contribution in [3.8, 4) is 5.75 Å². The summed E-state index contributed by atoms with van der Waals surface area (Å²) in [5, 5.41) is 14.0. The topological polar surface area (TPSA) is 128 Å². The van der Waals surface area contributed by atoms with Crippen LogP contribution in [0.15, 0.2) is 30.6 Å². The molecule has 0 atom stereocenters. The number of nitrogens with zero attached hydrogens (tertiary/aromatic N) is 3. The summed E-state index contributed by atoms with van der Waals surface area (Å²) >= 11 is 0. The van der Waals surface area contributed by atoms with Gasteiger partial charge in [-0.05, 0) is 17.7 Å². The molecule has 0 fully saturated rings. The van der Waals surface area contributed by atoms with Crippen molar-refractivity contribution in [3.05, 3.63) is 46.3 Å². The van der Waals surface area contributed by atoms with Crippen LogP contribution < -0.4 is 21.3 Å². The lowest BCUT2D eigenvalue weighted by atomic mass is 10.2. The molecule has 21 heavy (non-hydrogen) atoms. The van der Waals surface area contributed by atoms with E-state index in [2.05, 4.69) is 20.7 Å². The molecule has 2 aromatic rings. The van der Waals surface area contributed by atoms with Crippen LogP contribution >= 0.6 is 0 Å². The predicted octanol–water partition coefficient (Wildman–Crippen LogP) is 1.29. The van der Waals surface area contributed by atoms with Crippen molar-refractivity contribution in [1.82, 2.24) is 9.97 Å². The van der Waals surface area contributed by atoms with Crippen LogP contribution in [0.2, 0.25) is 0 Å². The first-order valence-corrected chi connectivity index (χ1v) is 5.98. The van der Waals surface area contributed by atoms with E-state index in [0.29, 0.717) is 12.3 Å². The molecule has 0 radical (unpaired) electrons. The molecule has 0 aliphatic carbocycles. The Hall–Kier alpha value is -2.94. The van der Waals surface area contributed by atoms with Crippen molar-refractivity contribution >= 4 is 17.3 Å². The van der Waals surface area contributed by atoms with E-state index in [9.17, 15) is 10.1 Å². The lowest BCUT2D eigenvalue weighted by molar-refractivity contribution is -0.383. The highest BCUT2D eigenvalue weighted by Crippen LogP contribution is 2.28. The van der Waals surface area contributed by atoms with Gasteiger partial charge in [0.1, 0.15) is 12.1 Å². The zero-order chi connectivity index (χ0) is 15.2. The number of methoxy groups -OCH3 is 1. The molecule has 9 nitrogen and oxygen atoms in total. The molecule has 2 rings (SSSR count). The molecule has 1 heterocycles. The van der Waals surface area contributed by atoms with E-state index in [1.165, 1.54) is 6.33 Å². The van der Waals surface area contributed by atoms with Gasteiger partial charge in [-0.25, -0.2) is 15.8 Å². The standard InChI is InChI=1S/C12H14N6O3/c1-21-9-4-2-3-8(5-9)6-14-11-10(18(19)20)12(17-13)16-7-15-11/h2-5,7H,6,13H2,1H3,(H2,14,15,16,17). The second-order valence-electron chi connectivity index (χ2n) is 4.03. The zero-order valence-electron chi connectivity index (χ0n) is 11.2. The van der Waals surface area contributed by atoms with Gasteiger partial charge in [-0.2, -0.15) is 0 Å². The van der Waals surface area contributed by atoms with Crippen LogP contribution in [0.1, 0.15) is 5.56 Å². The summed E-state index contributed by atoms with van der Waals surface area (Å²) in [6, 6.07) is 7.33. The number of nitrogens with one attached hydrogen (secondary N) is 2. The summed E-state index contributed by atoms with van der Waals surface area (Å²) in [7, 11) is 1.57. The number of rotatable bonds is 6. The van der Waals surface area contributed by atoms with Crippen molar-refractivity contribution < 1.29 is 9.66 Å². The number of hydrazine groups is 1. The van der Waals surface area contributed by atoms with Gasteiger partial charge < -0.3 is 15.5 Å². The highest BCUT2D eigenvalue weighted by atomic mass is 16.6. The van der Waals surface area contributed by atoms with Gasteiger partial charge in [-0.1, -0.05) is 12.1 Å². The number of ether oxygens (including phenoxy) is 1. The average molecular weight is 290 g/mol. The molecule has 110 valence electrons. The van der Waals surface area contributed by atoms with Gasteiger partial charge in [-0.3, -0.25) is 10.1 Å². The molecule has 0 bridgehead atoms. The largest absolute Gasteiger partial charge is 0.497 e. The van der Waals surface area contributed by atoms with Crippen LogP contribution in [-0.2, 0) is 6.54 Å². The molecule has 4 N–H and O–H groups in total. The third kappa shape index (κ3) is 3.34. The fraction of sp³-hybridized carbons (Fsp3) is 0.167. The first-order chi connectivity index (χ1) is 10.2. The molecular formula is C12H14N6O3. The van der Waals surface area contributed by atoms with Gasteiger partial charge in [0, 0.05) is 6.54 Å². The van der Waals surface area contributed by atoms with Gasteiger partial charge in [-0.15, -0.1) is 0 Å². The van der Waals surface area contributed by atoms with E-state index < -0.39 is 4.92 Å². The quantitative estimate of drug-likeness (QED) is 0.412. The Kier molecular flexibility index (Phi) is 4.46. The van der Waals surface area contributed by atoms with E-state index in [4.69, 9.17) is 10.6 Å². The van der Waals surface area contributed by atoms with E-state index in [-0.39, 0.29) is 17.3 Å². The van der Waals surface area contributed by atoms with Crippen molar-refractivity contribution in [3.63, 3.8) is 0 Å². The van der Waals surface area contributed by atoms with Crippen LogP contribution in [0.3, 0.4) is 0 Å². The third-order valence-electron chi connectivity index (χ3n) is 2.74. The monoisotopic (exact) mass is 290 g/mol. The number of nitrogen functional groups attached to an aromatic ring is 1. The minimum atomic E-state index is -0.594. The van der Waals surface area contributed by atoms with Gasteiger partial charge in [0.25, 0.3) is 0 Å². The Balaban J connectivity index is 2.21. The van der Waals surface area contributed by atoms with Crippen molar-refractivity contribution in [2.45, 2.75) is 6.54 Å². The lowest BCUT2D eigenvalue weighted by Crippen LogP contribution is -2.13. The molecule has 1 aromatic carbocycles. The molecule has 0 aliphatic rings. The Labute approximate surface area is 120 Å². The number of anilines is 2. The maximum Gasteiger partial charge on any atom is 0.354 e. The SMILES string of the molecule is COc1cccc(CNc2ncnc(NN)c2[N+](=O)[O-])c1. The van der Waals surface area contributed by atoms with Gasteiger partial charge >= 0.3 is 5.69 Å². The van der Waals surface area contributed by atoms with Crippen LogP contribution in [0, 0.1) is 10.1 Å². The second-order valence-corrected chi connectivity index (χ2v) is 4.03. The van der Waals surface area contributed by atoms with E-state index >= 15 is 0 Å². The van der Waals surface area contributed by atoms with Gasteiger partial charge in [0.15, 0.2) is 0 Å². The molecule has 9 heteroatoms. The maximum absolute atomic E-state index is 11.1. The van der Waals surface area contributed by atoms with Crippen LogP contribution in [0.25, 0.3) is 0 Å². The second kappa shape index (κ2) is 6.48.